The van der Waals surface area contributed by atoms with Gasteiger partial charge in [-0.15, -0.1) is 0 Å². The van der Waals surface area contributed by atoms with Gasteiger partial charge in [0.1, 0.15) is 0 Å². The third kappa shape index (κ3) is 2.52. The Kier molecular flexibility index (Phi) is 3.42. The summed E-state index contributed by atoms with van der Waals surface area (Å²) >= 11 is 3.27. The Bertz CT molecular complexity index is 325. The van der Waals surface area contributed by atoms with Gasteiger partial charge in [-0.1, -0.05) is 0 Å². The van der Waals surface area contributed by atoms with Gasteiger partial charge in [-0.25, -0.2) is 9.78 Å². The molecule has 0 aliphatic carbocycles. The van der Waals surface area contributed by atoms with Gasteiger partial charge < -0.3 is 4.74 Å². The molecule has 0 spiro atoms. The van der Waals surface area contributed by atoms with E-state index in [-0.39, 0.29) is 5.97 Å². The summed E-state index contributed by atoms with van der Waals surface area (Å²) in [5, 5.41) is 0. The van der Waals surface area contributed by atoms with Crippen LogP contribution in [0.3, 0.4) is 0 Å². The number of nitrogens with zero attached hydrogens (tertiary/aromatic N) is 1. The number of rotatable bonds is 2. The average molecular weight is 244 g/mol. The third-order valence-electron chi connectivity index (χ3n) is 1.51. The number of hydrogen-bond donors (Lipinski definition) is 0. The molecule has 0 bridgehead atoms. The fourth-order valence-electron chi connectivity index (χ4n) is 0.954. The van der Waals surface area contributed by atoms with E-state index in [9.17, 15) is 4.79 Å². The first kappa shape index (κ1) is 10.2. The highest BCUT2D eigenvalue weighted by atomic mass is 79.9. The summed E-state index contributed by atoms with van der Waals surface area (Å²) in [6.45, 7) is 3.96. The van der Waals surface area contributed by atoms with Gasteiger partial charge in [0.25, 0.3) is 0 Å². The van der Waals surface area contributed by atoms with Crippen LogP contribution in [0.25, 0.3) is 0 Å². The summed E-state index contributed by atoms with van der Waals surface area (Å²) in [4.78, 5) is 15.3. The standard InChI is InChI=1S/C9H10BrNO2/c1-3-13-9(12)8-6(2)4-7(10)5-11-8/h4-5H,3H2,1-2H3. The number of carbonyl (C=O) groups is 1. The molecule has 0 N–H and O–H groups in total. The third-order valence-corrected chi connectivity index (χ3v) is 1.95. The summed E-state index contributed by atoms with van der Waals surface area (Å²) < 4.78 is 5.69. The highest BCUT2D eigenvalue weighted by molar-refractivity contribution is 9.10. The molecule has 70 valence electrons. The van der Waals surface area contributed by atoms with Crippen LogP contribution in [0.2, 0.25) is 0 Å². The quantitative estimate of drug-likeness (QED) is 0.749. The molecule has 0 unspecified atom stereocenters. The van der Waals surface area contributed by atoms with E-state index >= 15 is 0 Å². The van der Waals surface area contributed by atoms with E-state index in [4.69, 9.17) is 4.74 Å². The molecule has 0 atom stereocenters. The molecule has 0 aliphatic rings. The van der Waals surface area contributed by atoms with Crippen molar-refractivity contribution in [3.8, 4) is 0 Å². The van der Waals surface area contributed by atoms with Gasteiger partial charge in [0.2, 0.25) is 0 Å². The smallest absolute Gasteiger partial charge is 0.357 e. The van der Waals surface area contributed by atoms with Gasteiger partial charge in [-0.05, 0) is 41.4 Å². The lowest BCUT2D eigenvalue weighted by atomic mass is 10.2. The van der Waals surface area contributed by atoms with Crippen LogP contribution in [0.5, 0.6) is 0 Å². The molecule has 1 aromatic rings. The molecule has 1 rings (SSSR count). The predicted octanol–water partition coefficient (Wildman–Crippen LogP) is 2.33. The highest BCUT2D eigenvalue weighted by Crippen LogP contribution is 2.13. The van der Waals surface area contributed by atoms with Crippen molar-refractivity contribution in [1.29, 1.82) is 0 Å². The maximum absolute atomic E-state index is 11.3. The number of carbonyl (C=O) groups excluding carboxylic acids is 1. The van der Waals surface area contributed by atoms with Gasteiger partial charge in [0.15, 0.2) is 5.69 Å². The number of halogens is 1. The van der Waals surface area contributed by atoms with Crippen molar-refractivity contribution in [2.45, 2.75) is 13.8 Å². The Hall–Kier alpha value is -0.900. The predicted molar refractivity (Wildman–Crippen MR) is 52.6 cm³/mol. The number of pyridine rings is 1. The Labute approximate surface area is 85.3 Å². The van der Waals surface area contributed by atoms with Crippen molar-refractivity contribution < 1.29 is 9.53 Å². The molecule has 0 amide bonds. The summed E-state index contributed by atoms with van der Waals surface area (Å²) in [6.07, 6.45) is 1.58. The van der Waals surface area contributed by atoms with E-state index in [0.29, 0.717) is 12.3 Å². The van der Waals surface area contributed by atoms with Gasteiger partial charge in [-0.2, -0.15) is 0 Å². The molecular weight excluding hydrogens is 234 g/mol. The normalized spacial score (nSPS) is 9.77. The van der Waals surface area contributed by atoms with Gasteiger partial charge in [0, 0.05) is 10.7 Å². The van der Waals surface area contributed by atoms with Crippen LogP contribution in [0.1, 0.15) is 23.0 Å². The van der Waals surface area contributed by atoms with Crippen molar-refractivity contribution in [3.05, 3.63) is 28.0 Å². The Morgan fingerprint density at radius 1 is 1.69 bits per heavy atom. The van der Waals surface area contributed by atoms with E-state index in [1.807, 2.05) is 13.0 Å². The molecule has 0 aliphatic heterocycles. The zero-order valence-corrected chi connectivity index (χ0v) is 9.09. The minimum atomic E-state index is -0.368. The summed E-state index contributed by atoms with van der Waals surface area (Å²) in [5.41, 5.74) is 1.19. The molecule has 1 heterocycles. The summed E-state index contributed by atoms with van der Waals surface area (Å²) in [6, 6.07) is 1.83. The maximum Gasteiger partial charge on any atom is 0.357 e. The lowest BCUT2D eigenvalue weighted by Gasteiger charge is -2.03. The van der Waals surface area contributed by atoms with Crippen molar-refractivity contribution in [3.63, 3.8) is 0 Å². The molecule has 0 saturated heterocycles. The Morgan fingerprint density at radius 2 is 2.38 bits per heavy atom. The maximum atomic E-state index is 11.3. The van der Waals surface area contributed by atoms with Crippen LogP contribution in [-0.4, -0.2) is 17.6 Å². The highest BCUT2D eigenvalue weighted by Gasteiger charge is 2.11. The van der Waals surface area contributed by atoms with Crippen molar-refractivity contribution in [2.24, 2.45) is 0 Å². The fraction of sp³-hybridized carbons (Fsp3) is 0.333. The van der Waals surface area contributed by atoms with E-state index < -0.39 is 0 Å². The van der Waals surface area contributed by atoms with Crippen LogP contribution in [0.4, 0.5) is 0 Å². The zero-order valence-electron chi connectivity index (χ0n) is 7.50. The van der Waals surface area contributed by atoms with Gasteiger partial charge in [0.05, 0.1) is 6.61 Å². The van der Waals surface area contributed by atoms with E-state index in [2.05, 4.69) is 20.9 Å². The minimum Gasteiger partial charge on any atom is -0.461 e. The van der Waals surface area contributed by atoms with E-state index in [1.165, 1.54) is 0 Å². The molecule has 4 heteroatoms. The second kappa shape index (κ2) is 4.37. The average Bonchev–Trinajstić information content (AvgIpc) is 2.04. The summed E-state index contributed by atoms with van der Waals surface area (Å²) in [7, 11) is 0. The van der Waals surface area contributed by atoms with E-state index in [0.717, 1.165) is 10.0 Å². The second-order valence-electron chi connectivity index (χ2n) is 2.54. The first-order valence-electron chi connectivity index (χ1n) is 3.94. The number of ether oxygens (including phenoxy) is 1. The van der Waals surface area contributed by atoms with Gasteiger partial charge in [-0.3, -0.25) is 0 Å². The van der Waals surface area contributed by atoms with Crippen molar-refractivity contribution in [1.82, 2.24) is 4.98 Å². The number of aryl methyl sites for hydroxylation is 1. The molecule has 0 saturated carbocycles. The SMILES string of the molecule is CCOC(=O)c1ncc(Br)cc1C. The molecule has 3 nitrogen and oxygen atoms in total. The number of aromatic nitrogens is 1. The molecular formula is C9H10BrNO2. The topological polar surface area (TPSA) is 39.2 Å². The molecule has 0 aromatic carbocycles. The first-order chi connectivity index (χ1) is 6.15. The van der Waals surface area contributed by atoms with E-state index in [1.54, 1.807) is 13.1 Å². The van der Waals surface area contributed by atoms with Crippen molar-refractivity contribution >= 4 is 21.9 Å². The van der Waals surface area contributed by atoms with Crippen LogP contribution in [0.15, 0.2) is 16.7 Å². The van der Waals surface area contributed by atoms with Crippen LogP contribution >= 0.6 is 15.9 Å². The molecule has 13 heavy (non-hydrogen) atoms. The summed E-state index contributed by atoms with van der Waals surface area (Å²) in [5.74, 6) is -0.368. The molecule has 0 radical (unpaired) electrons. The number of esters is 1. The zero-order chi connectivity index (χ0) is 9.84. The van der Waals surface area contributed by atoms with Gasteiger partial charge >= 0.3 is 5.97 Å². The fourth-order valence-corrected chi connectivity index (χ4v) is 1.40. The lowest BCUT2D eigenvalue weighted by Crippen LogP contribution is -2.08. The monoisotopic (exact) mass is 243 g/mol. The Balaban J connectivity index is 2.95. The lowest BCUT2D eigenvalue weighted by molar-refractivity contribution is 0.0518. The second-order valence-corrected chi connectivity index (χ2v) is 3.46. The van der Waals surface area contributed by atoms with Crippen LogP contribution < -0.4 is 0 Å². The number of hydrogen-bond acceptors (Lipinski definition) is 3. The van der Waals surface area contributed by atoms with Crippen LogP contribution in [0, 0.1) is 6.92 Å². The minimum absolute atomic E-state index is 0.368. The Morgan fingerprint density at radius 3 is 2.92 bits per heavy atom. The van der Waals surface area contributed by atoms with Crippen LogP contribution in [-0.2, 0) is 4.74 Å². The van der Waals surface area contributed by atoms with Crippen molar-refractivity contribution in [2.75, 3.05) is 6.61 Å². The molecule has 0 fully saturated rings. The largest absolute Gasteiger partial charge is 0.461 e. The first-order valence-corrected chi connectivity index (χ1v) is 4.73. The molecule has 1 aromatic heterocycles.